The van der Waals surface area contributed by atoms with Gasteiger partial charge in [0.05, 0.1) is 12.2 Å². The molecule has 0 saturated heterocycles. The van der Waals surface area contributed by atoms with E-state index in [1.807, 2.05) is 6.92 Å². The highest BCUT2D eigenvalue weighted by atomic mass is 32.2. The minimum Gasteiger partial charge on any atom is -0.494 e. The first-order chi connectivity index (χ1) is 11.1. The Morgan fingerprint density at radius 2 is 2.09 bits per heavy atom. The predicted molar refractivity (Wildman–Crippen MR) is 88.5 cm³/mol. The zero-order chi connectivity index (χ0) is 16.7. The molecule has 2 aromatic rings. The van der Waals surface area contributed by atoms with Gasteiger partial charge in [-0.2, -0.15) is 0 Å². The van der Waals surface area contributed by atoms with Gasteiger partial charge in [0.1, 0.15) is 5.75 Å². The summed E-state index contributed by atoms with van der Waals surface area (Å²) in [5.41, 5.74) is 0.888. The van der Waals surface area contributed by atoms with Gasteiger partial charge in [-0.3, -0.25) is 4.79 Å². The van der Waals surface area contributed by atoms with E-state index in [-0.39, 0.29) is 11.1 Å². The van der Waals surface area contributed by atoms with Gasteiger partial charge in [-0.1, -0.05) is 18.7 Å². The maximum Gasteiger partial charge on any atom is 0.335 e. The predicted octanol–water partition coefficient (Wildman–Crippen LogP) is 2.59. The number of aromatic carboxylic acids is 1. The van der Waals surface area contributed by atoms with Gasteiger partial charge >= 0.3 is 5.97 Å². The van der Waals surface area contributed by atoms with Gasteiger partial charge in [-0.15, -0.1) is 0 Å². The summed E-state index contributed by atoms with van der Waals surface area (Å²) >= 11 is 1.48. The molecular formula is C16H18N2O4S. The van der Waals surface area contributed by atoms with E-state index in [9.17, 15) is 9.59 Å². The van der Waals surface area contributed by atoms with Crippen molar-refractivity contribution < 1.29 is 14.6 Å². The first-order valence-corrected chi connectivity index (χ1v) is 8.26. The van der Waals surface area contributed by atoms with Crippen LogP contribution in [0.15, 0.2) is 40.3 Å². The van der Waals surface area contributed by atoms with E-state index in [2.05, 4.69) is 9.97 Å². The fraction of sp³-hybridized carbons (Fsp3) is 0.312. The molecule has 1 aromatic heterocycles. The highest BCUT2D eigenvalue weighted by Crippen LogP contribution is 2.15. The highest BCUT2D eigenvalue weighted by Gasteiger charge is 2.03. The number of rotatable bonds is 8. The Labute approximate surface area is 137 Å². The fourth-order valence-electron chi connectivity index (χ4n) is 1.84. The van der Waals surface area contributed by atoms with Crippen molar-refractivity contribution in [2.75, 3.05) is 12.4 Å². The number of aryl methyl sites for hydroxylation is 1. The number of aromatic nitrogens is 2. The standard InChI is InChI=1S/C16H18N2O4S/c1-2-12-10-14(19)18-16(17-12)23-9-3-8-22-13-6-4-11(5-7-13)15(20)21/h4-7,10H,2-3,8-9H2,1H3,(H,20,21)(H,17,18,19). The third-order valence-electron chi connectivity index (χ3n) is 3.03. The second kappa shape index (κ2) is 8.38. The van der Waals surface area contributed by atoms with Crippen LogP contribution in [0.3, 0.4) is 0 Å². The summed E-state index contributed by atoms with van der Waals surface area (Å²) in [4.78, 5) is 29.2. The van der Waals surface area contributed by atoms with Crippen molar-refractivity contribution in [2.24, 2.45) is 0 Å². The number of thioether (sulfide) groups is 1. The van der Waals surface area contributed by atoms with Gasteiger partial charge in [-0.05, 0) is 37.1 Å². The lowest BCUT2D eigenvalue weighted by Crippen LogP contribution is -2.10. The molecule has 0 atom stereocenters. The molecule has 0 saturated carbocycles. The molecule has 0 amide bonds. The number of carbonyl (C=O) groups is 1. The van der Waals surface area contributed by atoms with Crippen LogP contribution in [0.25, 0.3) is 0 Å². The van der Waals surface area contributed by atoms with E-state index in [0.717, 1.165) is 24.3 Å². The number of carboxylic acid groups (broad SMARTS) is 1. The molecule has 0 spiro atoms. The SMILES string of the molecule is CCc1cc(=O)[nH]c(SCCCOc2ccc(C(=O)O)cc2)n1. The zero-order valence-electron chi connectivity index (χ0n) is 12.7. The lowest BCUT2D eigenvalue weighted by Gasteiger charge is -2.06. The Morgan fingerprint density at radius 1 is 1.35 bits per heavy atom. The Hall–Kier alpha value is -2.28. The third kappa shape index (κ3) is 5.45. The number of hydrogen-bond acceptors (Lipinski definition) is 5. The molecule has 7 heteroatoms. The molecule has 0 radical (unpaired) electrons. The molecular weight excluding hydrogens is 316 g/mol. The summed E-state index contributed by atoms with van der Waals surface area (Å²) in [6.07, 6.45) is 1.51. The average Bonchev–Trinajstić information content (AvgIpc) is 2.54. The molecule has 1 aromatic carbocycles. The lowest BCUT2D eigenvalue weighted by molar-refractivity contribution is 0.0697. The largest absolute Gasteiger partial charge is 0.494 e. The van der Waals surface area contributed by atoms with E-state index in [1.165, 1.54) is 30.0 Å². The topological polar surface area (TPSA) is 92.3 Å². The second-order valence-electron chi connectivity index (χ2n) is 4.78. The first-order valence-electron chi connectivity index (χ1n) is 7.27. The molecule has 0 aliphatic carbocycles. The number of ether oxygens (including phenoxy) is 1. The summed E-state index contributed by atoms with van der Waals surface area (Å²) in [5, 5.41) is 9.44. The van der Waals surface area contributed by atoms with Crippen LogP contribution in [0.2, 0.25) is 0 Å². The smallest absolute Gasteiger partial charge is 0.335 e. The number of H-pyrrole nitrogens is 1. The van der Waals surface area contributed by atoms with Crippen molar-refractivity contribution in [3.05, 3.63) is 51.9 Å². The quantitative estimate of drug-likeness (QED) is 0.438. The maximum atomic E-state index is 11.4. The van der Waals surface area contributed by atoms with Crippen molar-refractivity contribution in [3.63, 3.8) is 0 Å². The van der Waals surface area contributed by atoms with Crippen LogP contribution in [0.5, 0.6) is 5.75 Å². The molecule has 0 bridgehead atoms. The highest BCUT2D eigenvalue weighted by molar-refractivity contribution is 7.99. The van der Waals surface area contributed by atoms with Crippen LogP contribution in [0, 0.1) is 0 Å². The minimum absolute atomic E-state index is 0.130. The van der Waals surface area contributed by atoms with Crippen molar-refractivity contribution in [3.8, 4) is 5.75 Å². The molecule has 0 aliphatic heterocycles. The maximum absolute atomic E-state index is 11.4. The minimum atomic E-state index is -0.955. The van der Waals surface area contributed by atoms with Gasteiger partial charge in [0, 0.05) is 17.5 Å². The summed E-state index contributed by atoms with van der Waals surface area (Å²) < 4.78 is 5.55. The number of nitrogens with zero attached hydrogens (tertiary/aromatic N) is 1. The molecule has 6 nitrogen and oxygen atoms in total. The Morgan fingerprint density at radius 3 is 2.74 bits per heavy atom. The molecule has 0 aliphatic rings. The third-order valence-corrected chi connectivity index (χ3v) is 3.99. The van der Waals surface area contributed by atoms with Crippen molar-refractivity contribution in [2.45, 2.75) is 24.9 Å². The van der Waals surface area contributed by atoms with Crippen LogP contribution in [0.4, 0.5) is 0 Å². The zero-order valence-corrected chi connectivity index (χ0v) is 13.6. The van der Waals surface area contributed by atoms with Crippen molar-refractivity contribution >= 4 is 17.7 Å². The van der Waals surface area contributed by atoms with Gasteiger partial charge in [0.25, 0.3) is 5.56 Å². The van der Waals surface area contributed by atoms with Gasteiger partial charge in [0.15, 0.2) is 5.16 Å². The molecule has 0 fully saturated rings. The first kappa shape index (κ1) is 17.1. The Balaban J connectivity index is 1.74. The average molecular weight is 334 g/mol. The van der Waals surface area contributed by atoms with Crippen LogP contribution < -0.4 is 10.3 Å². The monoisotopic (exact) mass is 334 g/mol. The van der Waals surface area contributed by atoms with Crippen molar-refractivity contribution in [1.29, 1.82) is 0 Å². The number of carboxylic acids is 1. The Kier molecular flexibility index (Phi) is 6.22. The summed E-state index contributed by atoms with van der Waals surface area (Å²) in [5.74, 6) is 0.451. The van der Waals surface area contributed by atoms with Gasteiger partial charge in [0.2, 0.25) is 0 Å². The number of aromatic amines is 1. The lowest BCUT2D eigenvalue weighted by atomic mass is 10.2. The van der Waals surface area contributed by atoms with E-state index >= 15 is 0 Å². The molecule has 2 rings (SSSR count). The molecule has 2 N–H and O–H groups in total. The van der Waals surface area contributed by atoms with E-state index < -0.39 is 5.97 Å². The summed E-state index contributed by atoms with van der Waals surface area (Å²) in [7, 11) is 0. The molecule has 23 heavy (non-hydrogen) atoms. The van der Waals surface area contributed by atoms with E-state index in [4.69, 9.17) is 9.84 Å². The van der Waals surface area contributed by atoms with Gasteiger partial charge < -0.3 is 14.8 Å². The van der Waals surface area contributed by atoms with Crippen LogP contribution in [0.1, 0.15) is 29.4 Å². The summed E-state index contributed by atoms with van der Waals surface area (Å²) in [6, 6.07) is 7.81. The molecule has 0 unspecified atom stereocenters. The Bertz CT molecular complexity index is 713. The molecule has 122 valence electrons. The van der Waals surface area contributed by atoms with E-state index in [1.54, 1.807) is 12.1 Å². The number of nitrogens with one attached hydrogen (secondary N) is 1. The summed E-state index contributed by atoms with van der Waals surface area (Å²) in [6.45, 7) is 2.47. The fourth-order valence-corrected chi connectivity index (χ4v) is 2.65. The number of hydrogen-bond donors (Lipinski definition) is 2. The van der Waals surface area contributed by atoms with E-state index in [0.29, 0.717) is 17.5 Å². The van der Waals surface area contributed by atoms with Crippen LogP contribution in [-0.4, -0.2) is 33.4 Å². The normalized spacial score (nSPS) is 10.5. The van der Waals surface area contributed by atoms with Crippen molar-refractivity contribution in [1.82, 2.24) is 9.97 Å². The van der Waals surface area contributed by atoms with Crippen LogP contribution in [-0.2, 0) is 6.42 Å². The van der Waals surface area contributed by atoms with Gasteiger partial charge in [-0.25, -0.2) is 9.78 Å². The number of benzene rings is 1. The second-order valence-corrected chi connectivity index (χ2v) is 5.86. The van der Waals surface area contributed by atoms with Crippen LogP contribution >= 0.6 is 11.8 Å². The molecule has 1 heterocycles.